The lowest BCUT2D eigenvalue weighted by Crippen LogP contribution is -2.47. The van der Waals surface area contributed by atoms with E-state index in [1.807, 2.05) is 64.2 Å². The van der Waals surface area contributed by atoms with Crippen LogP contribution in [0.4, 0.5) is 0 Å². The number of carbonyl (C=O) groups excluding carboxylic acids is 1. The standard InChI is InChI=1S/C22H22ClN5OS/c23-17-11-9-15(10-12-17)18-19(21(29)27-13-5-2-6-14-27)30-22-25-24-20(28(22)26-18)16-7-3-1-4-8-16/h1,3-4,7-12,18-19,26H,2,5-6,13-14H2/t18-,19+/m1/s1. The van der Waals surface area contributed by atoms with E-state index in [0.29, 0.717) is 10.2 Å². The molecule has 0 spiro atoms. The largest absolute Gasteiger partial charge is 0.342 e. The summed E-state index contributed by atoms with van der Waals surface area (Å²) in [6.07, 6.45) is 3.32. The highest BCUT2D eigenvalue weighted by Gasteiger charge is 2.40. The SMILES string of the molecule is O=C([C@H]1Sc2nnc(-c3ccccc3)n2N[C@@H]1c1ccc(Cl)cc1)N1CCCCC1. The van der Waals surface area contributed by atoms with E-state index >= 15 is 0 Å². The van der Waals surface area contributed by atoms with Crippen molar-refractivity contribution in [1.29, 1.82) is 0 Å². The van der Waals surface area contributed by atoms with E-state index in [2.05, 4.69) is 15.6 Å². The molecule has 0 aliphatic carbocycles. The summed E-state index contributed by atoms with van der Waals surface area (Å²) in [6.45, 7) is 1.65. The van der Waals surface area contributed by atoms with Crippen LogP contribution in [0.5, 0.6) is 0 Å². The quantitative estimate of drug-likeness (QED) is 0.656. The summed E-state index contributed by atoms with van der Waals surface area (Å²) in [5.41, 5.74) is 5.52. The Morgan fingerprint density at radius 3 is 2.47 bits per heavy atom. The van der Waals surface area contributed by atoms with Crippen molar-refractivity contribution < 1.29 is 4.79 Å². The molecular weight excluding hydrogens is 418 g/mol. The lowest BCUT2D eigenvalue weighted by molar-refractivity contribution is -0.131. The van der Waals surface area contributed by atoms with Crippen molar-refractivity contribution in [2.24, 2.45) is 0 Å². The van der Waals surface area contributed by atoms with Crippen molar-refractivity contribution in [3.05, 3.63) is 65.2 Å². The molecule has 0 radical (unpaired) electrons. The lowest BCUT2D eigenvalue weighted by atomic mass is 10.0. The molecule has 2 aromatic carbocycles. The van der Waals surface area contributed by atoms with Gasteiger partial charge < -0.3 is 10.3 Å². The number of thioether (sulfide) groups is 1. The fraction of sp³-hybridized carbons (Fsp3) is 0.318. The Morgan fingerprint density at radius 1 is 1.00 bits per heavy atom. The number of carbonyl (C=O) groups is 1. The van der Waals surface area contributed by atoms with Crippen LogP contribution in [0.25, 0.3) is 11.4 Å². The number of halogens is 1. The topological polar surface area (TPSA) is 63.1 Å². The molecule has 1 saturated heterocycles. The molecule has 1 amide bonds. The van der Waals surface area contributed by atoms with Crippen molar-refractivity contribution in [3.8, 4) is 11.4 Å². The van der Waals surface area contributed by atoms with Gasteiger partial charge in [0.2, 0.25) is 11.1 Å². The zero-order chi connectivity index (χ0) is 20.5. The van der Waals surface area contributed by atoms with E-state index in [4.69, 9.17) is 11.6 Å². The molecule has 0 saturated carbocycles. The van der Waals surface area contributed by atoms with Crippen molar-refractivity contribution >= 4 is 29.3 Å². The van der Waals surface area contributed by atoms with Gasteiger partial charge in [-0.3, -0.25) is 4.79 Å². The molecule has 0 unspecified atom stereocenters. The number of piperidine rings is 1. The Bertz CT molecular complexity index is 1030. The molecule has 1 N–H and O–H groups in total. The van der Waals surface area contributed by atoms with E-state index in [0.717, 1.165) is 42.9 Å². The first kappa shape index (κ1) is 19.5. The van der Waals surface area contributed by atoms with E-state index in [1.165, 1.54) is 18.2 Å². The number of hydrogen-bond acceptors (Lipinski definition) is 5. The molecule has 1 aromatic heterocycles. The number of nitrogens with one attached hydrogen (secondary N) is 1. The number of benzene rings is 2. The van der Waals surface area contributed by atoms with E-state index in [9.17, 15) is 4.79 Å². The smallest absolute Gasteiger partial charge is 0.238 e. The minimum absolute atomic E-state index is 0.155. The fourth-order valence-corrected chi connectivity index (χ4v) is 5.32. The van der Waals surface area contributed by atoms with Crippen LogP contribution >= 0.6 is 23.4 Å². The molecule has 2 atom stereocenters. The number of nitrogens with zero attached hydrogens (tertiary/aromatic N) is 4. The van der Waals surface area contributed by atoms with Crippen LogP contribution in [0.1, 0.15) is 30.9 Å². The summed E-state index contributed by atoms with van der Waals surface area (Å²) in [5, 5.41) is 9.84. The highest BCUT2D eigenvalue weighted by Crippen LogP contribution is 2.39. The van der Waals surface area contributed by atoms with Gasteiger partial charge in [0.25, 0.3) is 0 Å². The molecule has 5 rings (SSSR count). The normalized spacial score (nSPS) is 21.0. The van der Waals surface area contributed by atoms with Crippen LogP contribution in [0.15, 0.2) is 59.8 Å². The minimum atomic E-state index is -0.315. The summed E-state index contributed by atoms with van der Waals surface area (Å²) in [4.78, 5) is 15.5. The van der Waals surface area contributed by atoms with Gasteiger partial charge in [-0.25, -0.2) is 4.68 Å². The van der Waals surface area contributed by atoms with Crippen LogP contribution in [0.3, 0.4) is 0 Å². The van der Waals surface area contributed by atoms with Crippen LogP contribution < -0.4 is 5.43 Å². The Balaban J connectivity index is 1.53. The van der Waals surface area contributed by atoms with Crippen molar-refractivity contribution in [2.45, 2.75) is 35.7 Å². The van der Waals surface area contributed by atoms with Gasteiger partial charge in [-0.15, -0.1) is 10.2 Å². The zero-order valence-electron chi connectivity index (χ0n) is 16.4. The van der Waals surface area contributed by atoms with Crippen LogP contribution in [0.2, 0.25) is 5.02 Å². The Labute approximate surface area is 184 Å². The van der Waals surface area contributed by atoms with Gasteiger partial charge in [-0.1, -0.05) is 65.8 Å². The first-order chi connectivity index (χ1) is 14.7. The minimum Gasteiger partial charge on any atom is -0.342 e. The van der Waals surface area contributed by atoms with Crippen molar-refractivity contribution in [1.82, 2.24) is 19.8 Å². The number of hydrogen-bond donors (Lipinski definition) is 1. The van der Waals surface area contributed by atoms with Crippen molar-refractivity contribution in [3.63, 3.8) is 0 Å². The van der Waals surface area contributed by atoms with Gasteiger partial charge in [0.1, 0.15) is 5.25 Å². The number of fused-ring (bicyclic) bond motifs is 1. The van der Waals surface area contributed by atoms with Crippen molar-refractivity contribution in [2.75, 3.05) is 18.5 Å². The van der Waals surface area contributed by atoms with E-state index in [1.54, 1.807) is 0 Å². The summed E-state index contributed by atoms with van der Waals surface area (Å²) in [5.74, 6) is 0.892. The van der Waals surface area contributed by atoms with E-state index in [-0.39, 0.29) is 17.2 Å². The summed E-state index contributed by atoms with van der Waals surface area (Å²) < 4.78 is 1.90. The molecule has 30 heavy (non-hydrogen) atoms. The summed E-state index contributed by atoms with van der Waals surface area (Å²) in [7, 11) is 0. The first-order valence-electron chi connectivity index (χ1n) is 10.2. The molecule has 2 aliphatic rings. The highest BCUT2D eigenvalue weighted by atomic mass is 35.5. The van der Waals surface area contributed by atoms with Gasteiger partial charge >= 0.3 is 0 Å². The molecule has 3 heterocycles. The second kappa shape index (κ2) is 8.32. The summed E-state index contributed by atoms with van der Waals surface area (Å²) >= 11 is 7.60. The molecule has 0 bridgehead atoms. The Morgan fingerprint density at radius 2 is 1.73 bits per heavy atom. The van der Waals surface area contributed by atoms with Gasteiger partial charge in [0.05, 0.1) is 6.04 Å². The number of amides is 1. The summed E-state index contributed by atoms with van der Waals surface area (Å²) in [6, 6.07) is 17.4. The lowest BCUT2D eigenvalue weighted by Gasteiger charge is -2.37. The van der Waals surface area contributed by atoms with E-state index < -0.39 is 0 Å². The molecule has 2 aliphatic heterocycles. The third-order valence-electron chi connectivity index (χ3n) is 5.61. The molecular formula is C22H22ClN5OS. The van der Waals surface area contributed by atoms with Gasteiger partial charge in [0.15, 0.2) is 5.82 Å². The maximum absolute atomic E-state index is 13.5. The van der Waals surface area contributed by atoms with Crippen LogP contribution in [-0.2, 0) is 4.79 Å². The van der Waals surface area contributed by atoms with Gasteiger partial charge in [0, 0.05) is 23.7 Å². The monoisotopic (exact) mass is 439 g/mol. The second-order valence-electron chi connectivity index (χ2n) is 7.59. The average molecular weight is 440 g/mol. The fourth-order valence-electron chi connectivity index (χ4n) is 4.03. The van der Waals surface area contributed by atoms with Crippen LogP contribution in [0, 0.1) is 0 Å². The Hall–Kier alpha value is -2.51. The maximum Gasteiger partial charge on any atom is 0.238 e. The highest BCUT2D eigenvalue weighted by molar-refractivity contribution is 8.00. The molecule has 3 aromatic rings. The first-order valence-corrected chi connectivity index (χ1v) is 11.4. The predicted molar refractivity (Wildman–Crippen MR) is 119 cm³/mol. The van der Waals surface area contributed by atoms with Gasteiger partial charge in [-0.05, 0) is 37.0 Å². The number of rotatable bonds is 3. The molecule has 6 nitrogen and oxygen atoms in total. The third-order valence-corrected chi connectivity index (χ3v) is 7.06. The molecule has 154 valence electrons. The third kappa shape index (κ3) is 3.68. The average Bonchev–Trinajstić information content (AvgIpc) is 3.22. The number of likely N-dealkylation sites (tertiary alicyclic amines) is 1. The molecule has 8 heteroatoms. The molecule has 1 fully saturated rings. The maximum atomic E-state index is 13.5. The van der Waals surface area contributed by atoms with Gasteiger partial charge in [-0.2, -0.15) is 0 Å². The second-order valence-corrected chi connectivity index (χ2v) is 9.14. The zero-order valence-corrected chi connectivity index (χ0v) is 17.9. The predicted octanol–water partition coefficient (Wildman–Crippen LogP) is 4.37. The van der Waals surface area contributed by atoms with Crippen LogP contribution in [-0.4, -0.2) is 44.0 Å². The Kier molecular flexibility index (Phi) is 5.39. The number of aromatic nitrogens is 3.